The molecule has 0 amide bonds. The van der Waals surface area contributed by atoms with Gasteiger partial charge >= 0.3 is 0 Å². The molecule has 7 nitrogen and oxygen atoms in total. The number of aromatic nitrogens is 6. The van der Waals surface area contributed by atoms with E-state index in [4.69, 9.17) is 29.9 Å². The molecular weight excluding hydrogens is 843 g/mol. The molecule has 0 bridgehead atoms. The van der Waals surface area contributed by atoms with Gasteiger partial charge in [0.1, 0.15) is 0 Å². The molecule has 0 radical (unpaired) electrons. The normalized spacial score (nSPS) is 11.2. The molecule has 12 rings (SSSR count). The van der Waals surface area contributed by atoms with Crippen molar-refractivity contribution in [3.63, 3.8) is 0 Å². The fraction of sp³-hybridized carbons (Fsp3) is 0. The number of hydrogen-bond acceptors (Lipinski definition) is 7. The van der Waals surface area contributed by atoms with E-state index in [2.05, 4.69) is 132 Å². The third kappa shape index (κ3) is 8.48. The first-order valence-corrected chi connectivity index (χ1v) is 22.9. The number of nitrogens with zero attached hydrogens (tertiary/aromatic N) is 7. The van der Waals surface area contributed by atoms with Crippen LogP contribution in [0.25, 0.3) is 101 Å². The molecule has 2 aromatic heterocycles. The Hall–Kier alpha value is -9.46. The van der Waals surface area contributed by atoms with E-state index in [9.17, 15) is 0 Å². The van der Waals surface area contributed by atoms with Crippen LogP contribution in [0.15, 0.2) is 249 Å². The SMILES string of the molecule is c1ccc(-c2nc(-c3ccccc3)nc(-c3ccc(N(c4ccc(-c5nc(-c6ccccc6)nc(-c6ccccc6)n5)cc4)c4ccc5cc(-c6ccc7ccccc7c6)ccc5c4)cc3)n2)cc1. The summed E-state index contributed by atoms with van der Waals surface area (Å²) in [6.45, 7) is 0. The van der Waals surface area contributed by atoms with Gasteiger partial charge in [0.15, 0.2) is 34.9 Å². The van der Waals surface area contributed by atoms with E-state index in [0.717, 1.165) is 61.2 Å². The molecule has 0 unspecified atom stereocenters. The second-order valence-electron chi connectivity index (χ2n) is 16.8. The third-order valence-electron chi connectivity index (χ3n) is 12.3. The lowest BCUT2D eigenvalue weighted by Crippen LogP contribution is -2.10. The molecule has 12 aromatic rings. The van der Waals surface area contributed by atoms with Crippen molar-refractivity contribution in [1.82, 2.24) is 29.9 Å². The zero-order valence-corrected chi connectivity index (χ0v) is 37.3. The molecular formula is C62H41N7. The van der Waals surface area contributed by atoms with Gasteiger partial charge in [-0.1, -0.05) is 176 Å². The summed E-state index contributed by atoms with van der Waals surface area (Å²) in [6, 6.07) is 85.7. The van der Waals surface area contributed by atoms with Crippen molar-refractivity contribution in [2.45, 2.75) is 0 Å². The molecule has 10 aromatic carbocycles. The molecule has 0 spiro atoms. The van der Waals surface area contributed by atoms with E-state index < -0.39 is 0 Å². The molecule has 2 heterocycles. The van der Waals surface area contributed by atoms with E-state index in [1.165, 1.54) is 21.9 Å². The van der Waals surface area contributed by atoms with Crippen LogP contribution in [0.4, 0.5) is 17.1 Å². The van der Waals surface area contributed by atoms with Gasteiger partial charge in [0.05, 0.1) is 0 Å². The monoisotopic (exact) mass is 883 g/mol. The molecule has 324 valence electrons. The molecule has 0 aliphatic carbocycles. The number of anilines is 3. The summed E-state index contributed by atoms with van der Waals surface area (Å²) >= 11 is 0. The van der Waals surface area contributed by atoms with Crippen LogP contribution in [-0.2, 0) is 0 Å². The van der Waals surface area contributed by atoms with Gasteiger partial charge in [-0.25, -0.2) is 29.9 Å². The maximum Gasteiger partial charge on any atom is 0.164 e. The Labute approximate surface area is 399 Å². The van der Waals surface area contributed by atoms with E-state index in [0.29, 0.717) is 34.9 Å². The summed E-state index contributed by atoms with van der Waals surface area (Å²) in [5.41, 5.74) is 10.8. The Balaban J connectivity index is 0.946. The van der Waals surface area contributed by atoms with Gasteiger partial charge in [-0.15, -0.1) is 0 Å². The molecule has 69 heavy (non-hydrogen) atoms. The van der Waals surface area contributed by atoms with Gasteiger partial charge in [-0.05, 0) is 105 Å². The zero-order chi connectivity index (χ0) is 45.9. The smallest absolute Gasteiger partial charge is 0.164 e. The number of benzene rings is 10. The summed E-state index contributed by atoms with van der Waals surface area (Å²) in [4.78, 5) is 32.1. The maximum atomic E-state index is 5.01. The van der Waals surface area contributed by atoms with Crippen LogP contribution in [0.5, 0.6) is 0 Å². The molecule has 0 saturated heterocycles. The van der Waals surface area contributed by atoms with Crippen LogP contribution < -0.4 is 4.90 Å². The highest BCUT2D eigenvalue weighted by Crippen LogP contribution is 2.39. The van der Waals surface area contributed by atoms with Crippen molar-refractivity contribution in [2.75, 3.05) is 4.90 Å². The summed E-state index contributed by atoms with van der Waals surface area (Å²) < 4.78 is 0. The zero-order valence-electron chi connectivity index (χ0n) is 37.3. The molecule has 0 N–H and O–H groups in total. The second-order valence-corrected chi connectivity index (χ2v) is 16.8. The quantitative estimate of drug-likeness (QED) is 0.135. The fourth-order valence-electron chi connectivity index (χ4n) is 8.76. The summed E-state index contributed by atoms with van der Waals surface area (Å²) in [5, 5.41) is 4.75. The molecule has 0 saturated carbocycles. The summed E-state index contributed by atoms with van der Waals surface area (Å²) in [7, 11) is 0. The van der Waals surface area contributed by atoms with Gasteiger partial charge in [0.25, 0.3) is 0 Å². The molecule has 0 fully saturated rings. The second kappa shape index (κ2) is 18.1. The Morgan fingerprint density at radius 2 is 0.449 bits per heavy atom. The highest BCUT2D eigenvalue weighted by Gasteiger charge is 2.18. The first-order chi connectivity index (χ1) is 34.1. The minimum atomic E-state index is 0.597. The Kier molecular flexibility index (Phi) is 10.7. The maximum absolute atomic E-state index is 5.01. The fourth-order valence-corrected chi connectivity index (χ4v) is 8.76. The standard InChI is InChI=1S/C62H41N7/c1-5-16-43(17-6-1)57-63-58(44-18-7-2-8-19-44)66-61(65-57)47-29-34-54(35-30-47)69(56-38-33-52-40-51(27-28-53(52)41-56)50-26-25-42-15-13-14-24-49(42)39-50)55-36-31-48(32-37-55)62-67-59(45-20-9-3-10-21-45)64-60(68-62)46-22-11-4-12-23-46/h1-41H. The van der Waals surface area contributed by atoms with Crippen molar-refractivity contribution < 1.29 is 0 Å². The topological polar surface area (TPSA) is 80.6 Å². The number of hydrogen-bond donors (Lipinski definition) is 0. The Morgan fingerprint density at radius 3 is 0.841 bits per heavy atom. The Bertz CT molecular complexity index is 3470. The van der Waals surface area contributed by atoms with E-state index in [-0.39, 0.29) is 0 Å². The molecule has 0 aliphatic rings. The van der Waals surface area contributed by atoms with Crippen molar-refractivity contribution in [2.24, 2.45) is 0 Å². The largest absolute Gasteiger partial charge is 0.310 e. The highest BCUT2D eigenvalue weighted by molar-refractivity contribution is 5.94. The van der Waals surface area contributed by atoms with Gasteiger partial charge in [0.2, 0.25) is 0 Å². The van der Waals surface area contributed by atoms with Crippen LogP contribution in [0.3, 0.4) is 0 Å². The number of fused-ring (bicyclic) bond motifs is 2. The lowest BCUT2D eigenvalue weighted by atomic mass is 9.98. The van der Waals surface area contributed by atoms with Crippen LogP contribution in [-0.4, -0.2) is 29.9 Å². The van der Waals surface area contributed by atoms with Crippen LogP contribution >= 0.6 is 0 Å². The first-order valence-electron chi connectivity index (χ1n) is 22.9. The minimum absolute atomic E-state index is 0.597. The summed E-state index contributed by atoms with van der Waals surface area (Å²) in [6.07, 6.45) is 0. The van der Waals surface area contributed by atoms with Gasteiger partial charge in [-0.2, -0.15) is 0 Å². The van der Waals surface area contributed by atoms with Crippen molar-refractivity contribution in [3.8, 4) is 79.5 Å². The highest BCUT2D eigenvalue weighted by atomic mass is 15.1. The van der Waals surface area contributed by atoms with Crippen LogP contribution in [0.2, 0.25) is 0 Å². The van der Waals surface area contributed by atoms with Crippen molar-refractivity contribution in [3.05, 3.63) is 249 Å². The van der Waals surface area contributed by atoms with E-state index in [1.54, 1.807) is 0 Å². The van der Waals surface area contributed by atoms with E-state index in [1.807, 2.05) is 121 Å². The lowest BCUT2D eigenvalue weighted by molar-refractivity contribution is 1.07. The average molecular weight is 884 g/mol. The minimum Gasteiger partial charge on any atom is -0.310 e. The molecule has 0 atom stereocenters. The van der Waals surface area contributed by atoms with Crippen molar-refractivity contribution >= 4 is 38.6 Å². The number of rotatable bonds is 10. The van der Waals surface area contributed by atoms with Gasteiger partial charge in [-0.3, -0.25) is 0 Å². The first kappa shape index (κ1) is 41.0. The van der Waals surface area contributed by atoms with Crippen molar-refractivity contribution in [1.29, 1.82) is 0 Å². The lowest BCUT2D eigenvalue weighted by Gasteiger charge is -2.26. The molecule has 7 heteroatoms. The van der Waals surface area contributed by atoms with Gasteiger partial charge in [0, 0.05) is 50.4 Å². The average Bonchev–Trinajstić information content (AvgIpc) is 3.44. The predicted molar refractivity (Wildman–Crippen MR) is 281 cm³/mol. The predicted octanol–water partition coefficient (Wildman–Crippen LogP) is 15.5. The van der Waals surface area contributed by atoms with Crippen LogP contribution in [0.1, 0.15) is 0 Å². The Morgan fingerprint density at radius 1 is 0.188 bits per heavy atom. The third-order valence-corrected chi connectivity index (χ3v) is 12.3. The summed E-state index contributed by atoms with van der Waals surface area (Å²) in [5.74, 6) is 3.68. The van der Waals surface area contributed by atoms with E-state index >= 15 is 0 Å². The van der Waals surface area contributed by atoms with Crippen LogP contribution in [0, 0.1) is 0 Å². The van der Waals surface area contributed by atoms with Gasteiger partial charge < -0.3 is 4.90 Å². The molecule has 0 aliphatic heterocycles.